The molecule has 0 bridgehead atoms. The number of nitrogens with one attached hydrogen (secondary N) is 1. The number of rotatable bonds is 5. The van der Waals surface area contributed by atoms with Gasteiger partial charge in [-0.25, -0.2) is 4.79 Å². The van der Waals surface area contributed by atoms with Gasteiger partial charge in [0.1, 0.15) is 17.9 Å². The van der Waals surface area contributed by atoms with Gasteiger partial charge in [-0.2, -0.15) is 0 Å². The highest BCUT2D eigenvalue weighted by Crippen LogP contribution is 2.33. The molecule has 0 atom stereocenters. The Hall–Kier alpha value is -3.57. The highest BCUT2D eigenvalue weighted by molar-refractivity contribution is 5.93. The van der Waals surface area contributed by atoms with Crippen LogP contribution in [0.5, 0.6) is 5.75 Å². The molecule has 162 valence electrons. The molecular weight excluding hydrogens is 400 g/mol. The monoisotopic (exact) mass is 426 g/mol. The molecule has 0 amide bonds. The summed E-state index contributed by atoms with van der Waals surface area (Å²) in [5, 5.41) is 4.30. The van der Waals surface area contributed by atoms with E-state index in [0.29, 0.717) is 12.2 Å². The summed E-state index contributed by atoms with van der Waals surface area (Å²) in [7, 11) is 0. The number of benzene rings is 3. The summed E-state index contributed by atoms with van der Waals surface area (Å²) in [5.74, 6) is 0.723. The van der Waals surface area contributed by atoms with Crippen molar-refractivity contribution in [3.8, 4) is 16.9 Å². The number of nitrogens with zero attached hydrogens (tertiary/aromatic N) is 1. The van der Waals surface area contributed by atoms with Gasteiger partial charge in [-0.15, -0.1) is 0 Å². The first-order valence-electron chi connectivity index (χ1n) is 11.0. The summed E-state index contributed by atoms with van der Waals surface area (Å²) < 4.78 is 11.9. The van der Waals surface area contributed by atoms with E-state index in [4.69, 9.17) is 9.15 Å². The summed E-state index contributed by atoms with van der Waals surface area (Å²) in [6.07, 6.45) is 0. The van der Waals surface area contributed by atoms with Gasteiger partial charge in [0.25, 0.3) is 0 Å². The maximum Gasteiger partial charge on any atom is 0.338 e. The third-order valence-corrected chi connectivity index (χ3v) is 6.03. The van der Waals surface area contributed by atoms with Crippen LogP contribution in [0.2, 0.25) is 0 Å². The molecule has 0 spiro atoms. The second-order valence-corrected chi connectivity index (χ2v) is 8.06. The van der Waals surface area contributed by atoms with E-state index in [2.05, 4.69) is 34.5 Å². The maximum absolute atomic E-state index is 12.3. The second kappa shape index (κ2) is 8.89. The molecule has 1 saturated heterocycles. The van der Waals surface area contributed by atoms with E-state index in [1.54, 1.807) is 6.07 Å². The molecule has 1 aromatic heterocycles. The lowest BCUT2D eigenvalue weighted by Crippen LogP contribution is -2.43. The molecule has 5 rings (SSSR count). The molecule has 0 saturated carbocycles. The van der Waals surface area contributed by atoms with Crippen molar-refractivity contribution in [3.05, 3.63) is 94.3 Å². The predicted octanol–water partition coefficient (Wildman–Crippen LogP) is 4.76. The number of anilines is 1. The van der Waals surface area contributed by atoms with Crippen LogP contribution in [-0.2, 0) is 6.61 Å². The highest BCUT2D eigenvalue weighted by atomic mass is 16.5. The minimum atomic E-state index is -0.333. The summed E-state index contributed by atoms with van der Waals surface area (Å²) in [6, 6.07) is 24.1. The maximum atomic E-state index is 12.3. The Morgan fingerprint density at radius 2 is 1.72 bits per heavy atom. The van der Waals surface area contributed by atoms with Crippen LogP contribution in [0.1, 0.15) is 11.1 Å². The molecular formula is C27H26N2O3. The Balaban J connectivity index is 1.47. The molecule has 4 aromatic rings. The summed E-state index contributed by atoms with van der Waals surface area (Å²) in [6.45, 7) is 5.92. The SMILES string of the molecule is Cc1c(OCc2ccccc2-c2ccccc2)ccc2c(N3CCNCC3)cc(=O)oc12. The molecule has 0 unspecified atom stereocenters. The van der Waals surface area contributed by atoms with Crippen LogP contribution in [0.25, 0.3) is 22.1 Å². The van der Waals surface area contributed by atoms with Crippen LogP contribution in [0.4, 0.5) is 5.69 Å². The Bertz CT molecular complexity index is 1290. The van der Waals surface area contributed by atoms with Crippen LogP contribution in [0, 0.1) is 6.92 Å². The van der Waals surface area contributed by atoms with E-state index in [-0.39, 0.29) is 5.63 Å². The lowest BCUT2D eigenvalue weighted by molar-refractivity contribution is 0.304. The van der Waals surface area contributed by atoms with E-state index in [1.807, 2.05) is 49.4 Å². The zero-order valence-electron chi connectivity index (χ0n) is 18.1. The van der Waals surface area contributed by atoms with E-state index in [9.17, 15) is 4.79 Å². The normalized spacial score (nSPS) is 14.0. The van der Waals surface area contributed by atoms with Crippen LogP contribution in [0.15, 0.2) is 82.0 Å². The third kappa shape index (κ3) is 3.99. The molecule has 1 aliphatic heterocycles. The second-order valence-electron chi connectivity index (χ2n) is 8.06. The molecule has 1 aliphatic rings. The van der Waals surface area contributed by atoms with Crippen LogP contribution in [-0.4, -0.2) is 26.2 Å². The molecule has 1 N–H and O–H groups in total. The molecule has 5 heteroatoms. The van der Waals surface area contributed by atoms with Gasteiger partial charge in [0, 0.05) is 43.2 Å². The molecule has 0 radical (unpaired) electrons. The predicted molar refractivity (Wildman–Crippen MR) is 129 cm³/mol. The van der Waals surface area contributed by atoms with Crippen molar-refractivity contribution in [3.63, 3.8) is 0 Å². The lowest BCUT2D eigenvalue weighted by Gasteiger charge is -2.30. The first kappa shape index (κ1) is 20.3. The zero-order chi connectivity index (χ0) is 21.9. The van der Waals surface area contributed by atoms with Gasteiger partial charge in [0.05, 0.1) is 5.69 Å². The molecule has 0 aliphatic carbocycles. The fraction of sp³-hybridized carbons (Fsp3) is 0.222. The summed E-state index contributed by atoms with van der Waals surface area (Å²) >= 11 is 0. The smallest absolute Gasteiger partial charge is 0.338 e. The van der Waals surface area contributed by atoms with Crippen molar-refractivity contribution >= 4 is 16.7 Å². The van der Waals surface area contributed by atoms with Gasteiger partial charge in [0.2, 0.25) is 0 Å². The largest absolute Gasteiger partial charge is 0.488 e. The van der Waals surface area contributed by atoms with Crippen molar-refractivity contribution in [1.29, 1.82) is 0 Å². The number of ether oxygens (including phenoxy) is 1. The quantitative estimate of drug-likeness (QED) is 0.467. The van der Waals surface area contributed by atoms with Gasteiger partial charge in [-0.3, -0.25) is 0 Å². The van der Waals surface area contributed by atoms with Crippen molar-refractivity contribution in [2.75, 3.05) is 31.1 Å². The van der Waals surface area contributed by atoms with E-state index < -0.39 is 0 Å². The average molecular weight is 427 g/mol. The fourth-order valence-electron chi connectivity index (χ4n) is 4.35. The van der Waals surface area contributed by atoms with Crippen LogP contribution >= 0.6 is 0 Å². The summed E-state index contributed by atoms with van der Waals surface area (Å²) in [4.78, 5) is 14.6. The first-order valence-corrected chi connectivity index (χ1v) is 11.0. The van der Waals surface area contributed by atoms with E-state index in [0.717, 1.165) is 65.3 Å². The molecule has 1 fully saturated rings. The summed E-state index contributed by atoms with van der Waals surface area (Å²) in [5.41, 5.74) is 5.46. The average Bonchev–Trinajstić information content (AvgIpc) is 2.85. The number of fused-ring (bicyclic) bond motifs is 1. The number of aryl methyl sites for hydroxylation is 1. The van der Waals surface area contributed by atoms with Gasteiger partial charge in [-0.05, 0) is 35.7 Å². The third-order valence-electron chi connectivity index (χ3n) is 6.03. The minimum absolute atomic E-state index is 0.333. The van der Waals surface area contributed by atoms with Crippen LogP contribution < -0.4 is 20.6 Å². The number of hydrogen-bond donors (Lipinski definition) is 1. The Labute approximate surface area is 187 Å². The topological polar surface area (TPSA) is 54.7 Å². The molecule has 32 heavy (non-hydrogen) atoms. The van der Waals surface area contributed by atoms with Gasteiger partial charge in [0.15, 0.2) is 0 Å². The van der Waals surface area contributed by atoms with E-state index in [1.165, 1.54) is 0 Å². The van der Waals surface area contributed by atoms with Crippen LogP contribution in [0.3, 0.4) is 0 Å². The standard InChI is InChI=1S/C27H26N2O3/c1-19-25(31-18-21-9-5-6-10-22(21)20-7-3-2-4-8-20)12-11-23-24(17-26(30)32-27(19)23)29-15-13-28-14-16-29/h2-12,17,28H,13-16,18H2,1H3. The minimum Gasteiger partial charge on any atom is -0.488 e. The zero-order valence-corrected chi connectivity index (χ0v) is 18.1. The van der Waals surface area contributed by atoms with Crippen molar-refractivity contribution in [1.82, 2.24) is 5.32 Å². The number of piperazine rings is 1. The van der Waals surface area contributed by atoms with Crippen molar-refractivity contribution in [2.45, 2.75) is 13.5 Å². The van der Waals surface area contributed by atoms with Gasteiger partial charge < -0.3 is 19.4 Å². The highest BCUT2D eigenvalue weighted by Gasteiger charge is 2.18. The molecule has 5 nitrogen and oxygen atoms in total. The first-order chi connectivity index (χ1) is 15.7. The van der Waals surface area contributed by atoms with Gasteiger partial charge >= 0.3 is 5.63 Å². The Morgan fingerprint density at radius 3 is 2.53 bits per heavy atom. The molecule has 3 aromatic carbocycles. The fourth-order valence-corrected chi connectivity index (χ4v) is 4.35. The van der Waals surface area contributed by atoms with Gasteiger partial charge in [-0.1, -0.05) is 54.6 Å². The Kier molecular flexibility index (Phi) is 5.65. The van der Waals surface area contributed by atoms with E-state index >= 15 is 0 Å². The number of hydrogen-bond acceptors (Lipinski definition) is 5. The lowest BCUT2D eigenvalue weighted by atomic mass is 10.0. The Morgan fingerprint density at radius 1 is 0.969 bits per heavy atom. The van der Waals surface area contributed by atoms with Crippen molar-refractivity contribution in [2.24, 2.45) is 0 Å². The van der Waals surface area contributed by atoms with Crippen molar-refractivity contribution < 1.29 is 9.15 Å². The molecule has 2 heterocycles.